The molecular formula is C14H15N3O2. The summed E-state index contributed by atoms with van der Waals surface area (Å²) in [6.07, 6.45) is 7.02. The van der Waals surface area contributed by atoms with E-state index in [1.165, 1.54) is 0 Å². The molecular weight excluding hydrogens is 242 g/mol. The van der Waals surface area contributed by atoms with Gasteiger partial charge in [0.25, 0.3) is 0 Å². The predicted octanol–water partition coefficient (Wildman–Crippen LogP) is 1.69. The highest BCUT2D eigenvalue weighted by Gasteiger charge is 2.11. The van der Waals surface area contributed by atoms with E-state index < -0.39 is 0 Å². The Morgan fingerprint density at radius 3 is 2.79 bits per heavy atom. The van der Waals surface area contributed by atoms with Gasteiger partial charge in [0, 0.05) is 18.8 Å². The molecule has 0 aliphatic heterocycles. The van der Waals surface area contributed by atoms with Gasteiger partial charge >= 0.3 is 0 Å². The highest BCUT2D eigenvalue weighted by atomic mass is 16.5. The highest BCUT2D eigenvalue weighted by Crippen LogP contribution is 2.34. The summed E-state index contributed by atoms with van der Waals surface area (Å²) < 4.78 is 12.3. The lowest BCUT2D eigenvalue weighted by Gasteiger charge is -2.10. The van der Waals surface area contributed by atoms with E-state index in [0.29, 0.717) is 17.3 Å². The van der Waals surface area contributed by atoms with E-state index in [0.717, 1.165) is 11.1 Å². The molecule has 0 fully saturated rings. The molecule has 0 aliphatic rings. The van der Waals surface area contributed by atoms with Crippen LogP contribution in [0.4, 0.5) is 5.82 Å². The number of anilines is 1. The second kappa shape index (κ2) is 5.36. The Hall–Kier alpha value is -2.61. The molecule has 2 rings (SSSR count). The average Bonchev–Trinajstić information content (AvgIpc) is 2.75. The molecule has 19 heavy (non-hydrogen) atoms. The van der Waals surface area contributed by atoms with Crippen LogP contribution in [0, 0.1) is 12.3 Å². The number of aromatic nitrogens is 2. The quantitative estimate of drug-likeness (QED) is 0.847. The van der Waals surface area contributed by atoms with Crippen LogP contribution in [-0.4, -0.2) is 23.5 Å². The minimum absolute atomic E-state index is 0.199. The summed E-state index contributed by atoms with van der Waals surface area (Å²) in [6.45, 7) is 0.199. The number of nitrogens with two attached hydrogens (primary N) is 1. The van der Waals surface area contributed by atoms with Gasteiger partial charge in [-0.1, -0.05) is 12.0 Å². The van der Waals surface area contributed by atoms with Crippen LogP contribution in [0.1, 0.15) is 0 Å². The second-order valence-electron chi connectivity index (χ2n) is 3.96. The molecule has 0 aliphatic carbocycles. The lowest BCUT2D eigenvalue weighted by atomic mass is 10.1. The normalized spacial score (nSPS) is 9.95. The Bertz CT molecular complexity index is 626. The van der Waals surface area contributed by atoms with Crippen LogP contribution in [0.25, 0.3) is 11.1 Å². The molecule has 5 heteroatoms. The van der Waals surface area contributed by atoms with E-state index in [4.69, 9.17) is 21.6 Å². The lowest BCUT2D eigenvalue weighted by molar-refractivity contribution is 0.331. The fourth-order valence-corrected chi connectivity index (χ4v) is 1.80. The number of rotatable bonds is 4. The summed E-state index contributed by atoms with van der Waals surface area (Å²) in [5.41, 5.74) is 7.62. The maximum absolute atomic E-state index is 5.85. The summed E-state index contributed by atoms with van der Waals surface area (Å²) in [4.78, 5) is 0. The maximum Gasteiger partial charge on any atom is 0.162 e. The summed E-state index contributed by atoms with van der Waals surface area (Å²) in [5.74, 6) is 4.10. The highest BCUT2D eigenvalue weighted by molar-refractivity contribution is 5.75. The first-order valence-corrected chi connectivity index (χ1v) is 5.69. The van der Waals surface area contributed by atoms with Crippen molar-refractivity contribution < 1.29 is 9.47 Å². The molecule has 0 radical (unpaired) electrons. The van der Waals surface area contributed by atoms with Crippen molar-refractivity contribution in [3.63, 3.8) is 0 Å². The Morgan fingerprint density at radius 2 is 2.21 bits per heavy atom. The molecule has 1 aromatic carbocycles. The first-order valence-electron chi connectivity index (χ1n) is 5.69. The average molecular weight is 257 g/mol. The molecule has 5 nitrogen and oxygen atoms in total. The lowest BCUT2D eigenvalue weighted by Crippen LogP contribution is -1.97. The Balaban J connectivity index is 2.39. The van der Waals surface area contributed by atoms with Crippen molar-refractivity contribution in [1.29, 1.82) is 0 Å². The molecule has 1 heterocycles. The van der Waals surface area contributed by atoms with Crippen LogP contribution in [0.5, 0.6) is 11.5 Å². The number of methoxy groups -OCH3 is 1. The fraction of sp³-hybridized carbons (Fsp3) is 0.214. The number of aryl methyl sites for hydroxylation is 1. The molecule has 0 saturated heterocycles. The van der Waals surface area contributed by atoms with E-state index in [1.54, 1.807) is 17.9 Å². The summed E-state index contributed by atoms with van der Waals surface area (Å²) in [6, 6.07) is 5.54. The van der Waals surface area contributed by atoms with E-state index in [-0.39, 0.29) is 6.61 Å². The largest absolute Gasteiger partial charge is 0.493 e. The molecule has 2 N–H and O–H groups in total. The molecule has 0 saturated carbocycles. The second-order valence-corrected chi connectivity index (χ2v) is 3.96. The molecule has 0 atom stereocenters. The molecule has 0 amide bonds. The van der Waals surface area contributed by atoms with Crippen molar-refractivity contribution in [1.82, 2.24) is 9.78 Å². The van der Waals surface area contributed by atoms with Crippen molar-refractivity contribution >= 4 is 5.82 Å². The van der Waals surface area contributed by atoms with Crippen LogP contribution in [0.15, 0.2) is 24.4 Å². The van der Waals surface area contributed by atoms with Gasteiger partial charge in [0.05, 0.1) is 7.11 Å². The van der Waals surface area contributed by atoms with Crippen molar-refractivity contribution in [3.8, 4) is 35.0 Å². The maximum atomic E-state index is 5.85. The van der Waals surface area contributed by atoms with E-state index in [1.807, 2.05) is 25.4 Å². The van der Waals surface area contributed by atoms with Crippen LogP contribution < -0.4 is 15.2 Å². The van der Waals surface area contributed by atoms with Gasteiger partial charge in [-0.25, -0.2) is 0 Å². The SMILES string of the molecule is C#CCOc1ccc(-c2cn(C)nc2N)cc1OC. The summed E-state index contributed by atoms with van der Waals surface area (Å²) in [5, 5.41) is 4.11. The zero-order chi connectivity index (χ0) is 13.8. The molecule has 2 aromatic rings. The smallest absolute Gasteiger partial charge is 0.162 e. The zero-order valence-electron chi connectivity index (χ0n) is 10.9. The minimum Gasteiger partial charge on any atom is -0.493 e. The topological polar surface area (TPSA) is 62.3 Å². The van der Waals surface area contributed by atoms with Crippen molar-refractivity contribution in [2.45, 2.75) is 0 Å². The van der Waals surface area contributed by atoms with E-state index in [2.05, 4.69) is 11.0 Å². The fourth-order valence-electron chi connectivity index (χ4n) is 1.80. The number of ether oxygens (including phenoxy) is 2. The third-order valence-corrected chi connectivity index (χ3v) is 2.64. The summed E-state index contributed by atoms with van der Waals surface area (Å²) >= 11 is 0. The number of hydrogen-bond acceptors (Lipinski definition) is 4. The minimum atomic E-state index is 0.199. The molecule has 98 valence electrons. The molecule has 0 unspecified atom stereocenters. The molecule has 0 spiro atoms. The van der Waals surface area contributed by atoms with Crippen LogP contribution >= 0.6 is 0 Å². The Morgan fingerprint density at radius 1 is 1.42 bits per heavy atom. The monoisotopic (exact) mass is 257 g/mol. The number of hydrogen-bond donors (Lipinski definition) is 1. The van der Waals surface area contributed by atoms with Crippen molar-refractivity contribution in [3.05, 3.63) is 24.4 Å². The Kier molecular flexibility index (Phi) is 3.62. The van der Waals surface area contributed by atoms with E-state index >= 15 is 0 Å². The number of nitrogen functional groups attached to an aromatic ring is 1. The van der Waals surface area contributed by atoms with Gasteiger partial charge in [-0.15, -0.1) is 6.42 Å². The molecule has 0 bridgehead atoms. The van der Waals surface area contributed by atoms with Crippen LogP contribution in [0.3, 0.4) is 0 Å². The van der Waals surface area contributed by atoms with Crippen LogP contribution in [-0.2, 0) is 7.05 Å². The standard InChI is InChI=1S/C14H15N3O2/c1-4-7-19-12-6-5-10(8-13(12)18-3)11-9-17(2)16-14(11)15/h1,5-6,8-9H,7H2,2-3H3,(H2,15,16). The predicted molar refractivity (Wildman–Crippen MR) is 73.9 cm³/mol. The number of nitrogens with zero attached hydrogens (tertiary/aromatic N) is 2. The van der Waals surface area contributed by atoms with Gasteiger partial charge in [0.1, 0.15) is 6.61 Å². The van der Waals surface area contributed by atoms with Gasteiger partial charge in [-0.2, -0.15) is 5.10 Å². The van der Waals surface area contributed by atoms with Gasteiger partial charge in [-0.05, 0) is 17.7 Å². The van der Waals surface area contributed by atoms with Crippen molar-refractivity contribution in [2.24, 2.45) is 7.05 Å². The number of terminal acetylenes is 1. The zero-order valence-corrected chi connectivity index (χ0v) is 10.9. The van der Waals surface area contributed by atoms with Crippen molar-refractivity contribution in [2.75, 3.05) is 19.5 Å². The first-order chi connectivity index (χ1) is 9.15. The third-order valence-electron chi connectivity index (χ3n) is 2.64. The van der Waals surface area contributed by atoms with Gasteiger partial charge in [0.2, 0.25) is 0 Å². The number of benzene rings is 1. The Labute approximate surface area is 111 Å². The van der Waals surface area contributed by atoms with Crippen LogP contribution in [0.2, 0.25) is 0 Å². The molecule has 1 aromatic heterocycles. The van der Waals surface area contributed by atoms with Gasteiger partial charge in [-0.3, -0.25) is 4.68 Å². The summed E-state index contributed by atoms with van der Waals surface area (Å²) in [7, 11) is 3.40. The van der Waals surface area contributed by atoms with Gasteiger partial charge < -0.3 is 15.2 Å². The van der Waals surface area contributed by atoms with Gasteiger partial charge in [0.15, 0.2) is 17.3 Å². The first kappa shape index (κ1) is 12.8. The third kappa shape index (κ3) is 2.63. The van der Waals surface area contributed by atoms with E-state index in [9.17, 15) is 0 Å².